The smallest absolute Gasteiger partial charge is 0.428 e. The molecule has 9 aliphatic heterocycles. The van der Waals surface area contributed by atoms with Gasteiger partial charge in [0.15, 0.2) is 61.8 Å². The summed E-state index contributed by atoms with van der Waals surface area (Å²) in [6.45, 7) is 48.7. The molecule has 0 aromatic rings. The summed E-state index contributed by atoms with van der Waals surface area (Å²) >= 11 is 0. The molecule has 16 unspecified atom stereocenters. The zero-order valence-corrected chi connectivity index (χ0v) is 77.3. The Balaban J connectivity index is 0.000000722. The average Bonchev–Trinajstić information content (AvgIpc) is 1.75. The molecule has 9 fully saturated rings. The summed E-state index contributed by atoms with van der Waals surface area (Å²) in [5.74, 6) is 1.75. The van der Waals surface area contributed by atoms with E-state index in [1.54, 1.807) is 67.4 Å². The third-order valence-corrected chi connectivity index (χ3v) is 29.3. The van der Waals surface area contributed by atoms with Crippen molar-refractivity contribution in [3.05, 3.63) is 48.5 Å². The van der Waals surface area contributed by atoms with E-state index in [1.807, 2.05) is 39.8 Å². The SMILES string of the molecule is C#CCOC1(C)OC(=O)OC1C.C#CCOC1(C)OC(=O)OC1C.C=C(F)COC1(C)OC(=O)OC1C.C=CCOC1(C)OC(=O)OC1C.CC(C)(C)[Si](C)(C)C#CCOC1COC(=O)O1.CC(C)(C)[Si](C)(C)C(F)=CCOC1COC(=O)O1.CC1OC(=O)OC1(C)OCC#CC(F)(F)F.CC1OC(=O)OC1(C)OCC#CF.CC1OC(=O)OC1(C)OCC(F)=C(F)F. The molecule has 9 aliphatic rings. The van der Waals surface area contributed by atoms with Crippen LogP contribution in [0.1, 0.15) is 138 Å². The van der Waals surface area contributed by atoms with Gasteiger partial charge in [-0.25, -0.2) is 56.3 Å². The summed E-state index contributed by atoms with van der Waals surface area (Å²) in [4.78, 5) is 96.0. The molecule has 128 heavy (non-hydrogen) atoms. The molecule has 722 valence electrons. The van der Waals surface area contributed by atoms with Gasteiger partial charge >= 0.3 is 67.7 Å². The summed E-state index contributed by atoms with van der Waals surface area (Å²) < 4.78 is 238. The highest BCUT2D eigenvalue weighted by Crippen LogP contribution is 2.42. The van der Waals surface area contributed by atoms with E-state index >= 15 is 0 Å². The van der Waals surface area contributed by atoms with Crippen molar-refractivity contribution in [2.45, 2.75) is 277 Å². The predicted octanol–water partition coefficient (Wildman–Crippen LogP) is 16.4. The van der Waals surface area contributed by atoms with Crippen LogP contribution in [0.3, 0.4) is 0 Å². The first-order valence-electron chi connectivity index (χ1n) is 38.4. The van der Waals surface area contributed by atoms with Crippen LogP contribution in [0.2, 0.25) is 36.3 Å². The van der Waals surface area contributed by atoms with Crippen LogP contribution < -0.4 is 0 Å². The van der Waals surface area contributed by atoms with E-state index in [0.717, 1.165) is 5.92 Å². The number of terminal acetylenes is 2. The van der Waals surface area contributed by atoms with Gasteiger partial charge in [0, 0.05) is 54.4 Å². The monoisotopic (exact) mass is 1890 g/mol. The minimum Gasteiger partial charge on any atom is -0.428 e. The number of hydrogen-bond acceptors (Lipinski definition) is 36. The lowest BCUT2D eigenvalue weighted by Gasteiger charge is -2.35. The average molecular weight is 1890 g/mol. The van der Waals surface area contributed by atoms with E-state index in [9.17, 15) is 82.7 Å². The fourth-order valence-corrected chi connectivity index (χ4v) is 10.7. The largest absolute Gasteiger partial charge is 0.511 e. The molecular weight excluding hydrogens is 1780 g/mol. The van der Waals surface area contributed by atoms with E-state index in [4.69, 9.17) is 98.1 Å². The lowest BCUT2D eigenvalue weighted by atomic mass is 10.2. The first-order valence-corrected chi connectivity index (χ1v) is 44.4. The van der Waals surface area contributed by atoms with Crippen molar-refractivity contribution in [3.63, 3.8) is 0 Å². The van der Waals surface area contributed by atoms with Gasteiger partial charge in [-0.05, 0) is 70.5 Å². The molecule has 0 spiro atoms. The van der Waals surface area contributed by atoms with Crippen LogP contribution in [0.15, 0.2) is 48.5 Å². The van der Waals surface area contributed by atoms with Crippen LogP contribution in [-0.4, -0.2) is 246 Å². The van der Waals surface area contributed by atoms with Gasteiger partial charge in [-0.3, -0.25) is 0 Å². The third kappa shape index (κ3) is 39.3. The highest BCUT2D eigenvalue weighted by atomic mass is 28.3. The predicted molar refractivity (Wildman–Crippen MR) is 427 cm³/mol. The standard InChI is InChI=1S/C12H21FO4Si.C12H20O4Si.C9H9F3O4.C8H9F3O4.C8H11FO4.C8H9FO4.C8H12O4.2C8H10O4/c1-12(2,3)18(4,5)9(13)6-7-15-10-8-16-11(14)17-10;1-12(2,3)17(4,5)8-6-7-14-10-9-15-11(13)16-10;1-6-8(2,16-7(13)15-6)14-5-3-4-9(10,11)12;1-4-8(2,15-7(12)14-4)13-3-5(9)6(10)11;1-5(9)4-11-8(3)6(2)12-7(10)13-8;1-6-8(2,11-5-3-4-9)13-7(10)12-6;3*1-4-5-10-8(3)6(2)11-7(9)12-8/h6,10H,7-8H2,1-5H3;10H,7,9H2,1-5H3;6H,5H2,1-2H3;4H,3H2,1-2H3;6H,1,4H2,2-3H3;6H,5H2,1-2H3;4,6H,1,5H2,2-3H3;2*1,6H,5H2,2-3H3. The normalized spacial score (nSPS) is 28.9. The number of cyclic esters (lactones) is 18. The molecule has 0 saturated carbocycles. The van der Waals surface area contributed by atoms with E-state index < -0.39 is 198 Å². The summed E-state index contributed by atoms with van der Waals surface area (Å²) in [6.07, 6.45) is -5.02. The van der Waals surface area contributed by atoms with Crippen molar-refractivity contribution in [1.29, 1.82) is 0 Å². The Hall–Kier alpha value is -10.4. The molecule has 47 heteroatoms. The highest BCUT2D eigenvalue weighted by Gasteiger charge is 2.52. The minimum atomic E-state index is -4.56. The van der Waals surface area contributed by atoms with E-state index in [1.165, 1.54) is 53.8 Å². The summed E-state index contributed by atoms with van der Waals surface area (Å²) in [6, 6.07) is 0. The van der Waals surface area contributed by atoms with Crippen molar-refractivity contribution >= 4 is 71.5 Å². The summed E-state index contributed by atoms with van der Waals surface area (Å²) in [7, 11) is -3.70. The van der Waals surface area contributed by atoms with Gasteiger partial charge in [0.1, 0.15) is 74.4 Å². The van der Waals surface area contributed by atoms with Gasteiger partial charge in [0.2, 0.25) is 12.6 Å². The molecule has 9 saturated heterocycles. The molecule has 36 nitrogen and oxygen atoms in total. The Morgan fingerprint density at radius 3 is 1.02 bits per heavy atom. The fraction of sp³-hybridized carbons (Fsp3) is 0.667. The lowest BCUT2D eigenvalue weighted by Crippen LogP contribution is -2.38. The van der Waals surface area contributed by atoms with E-state index in [0.29, 0.717) is 6.61 Å². The van der Waals surface area contributed by atoms with Crippen LogP contribution in [0, 0.1) is 60.1 Å². The highest BCUT2D eigenvalue weighted by molar-refractivity contribution is 6.87. The molecule has 0 N–H and O–H groups in total. The van der Waals surface area contributed by atoms with Crippen LogP contribution >= 0.6 is 0 Å². The summed E-state index contributed by atoms with van der Waals surface area (Å²) in [5.41, 5.74) is 3.22. The molecule has 9 rings (SSSR count). The van der Waals surface area contributed by atoms with Gasteiger partial charge in [-0.2, -0.15) is 22.0 Å². The Bertz CT molecular complexity index is 4090. The van der Waals surface area contributed by atoms with Crippen LogP contribution in [0.4, 0.5) is 82.7 Å². The van der Waals surface area contributed by atoms with Crippen molar-refractivity contribution in [2.75, 3.05) is 72.7 Å². The zero-order valence-electron chi connectivity index (χ0n) is 75.3. The van der Waals surface area contributed by atoms with Gasteiger partial charge in [0.05, 0.1) is 18.7 Å². The maximum absolute atomic E-state index is 14.1. The maximum atomic E-state index is 14.1. The number of hydrogen-bond donors (Lipinski definition) is 0. The number of halogens is 9. The van der Waals surface area contributed by atoms with Crippen LogP contribution in [-0.2, 0) is 128 Å². The maximum Gasteiger partial charge on any atom is 0.511 e. The van der Waals surface area contributed by atoms with Crippen LogP contribution in [0.25, 0.3) is 0 Å². The van der Waals surface area contributed by atoms with E-state index in [-0.39, 0.29) is 74.5 Å². The molecule has 0 aromatic heterocycles. The molecular formula is C81H111F9O36Si2. The summed E-state index contributed by atoms with van der Waals surface area (Å²) in [5, 5.41) is 0.180. The van der Waals surface area contributed by atoms with E-state index in [2.05, 4.69) is 113 Å². The lowest BCUT2D eigenvalue weighted by molar-refractivity contribution is -0.183. The fourth-order valence-electron chi connectivity index (χ4n) is 8.50. The molecule has 16 atom stereocenters. The molecule has 9 heterocycles. The van der Waals surface area contributed by atoms with Crippen LogP contribution in [0.5, 0.6) is 0 Å². The Morgan fingerprint density at radius 1 is 0.438 bits per heavy atom. The molecule has 0 aromatic carbocycles. The molecule has 0 bridgehead atoms. The van der Waals surface area contributed by atoms with Crippen molar-refractivity contribution in [3.8, 4) is 60.1 Å². The number of ether oxygens (including phenoxy) is 27. The topological polar surface area (TPSA) is 403 Å². The van der Waals surface area contributed by atoms with Crippen molar-refractivity contribution in [2.24, 2.45) is 0 Å². The van der Waals surface area contributed by atoms with Gasteiger partial charge in [-0.1, -0.05) is 104 Å². The number of rotatable bonds is 23. The second-order valence-electron chi connectivity index (χ2n) is 31.4. The second kappa shape index (κ2) is 50.6. The zero-order chi connectivity index (χ0) is 98.6. The number of alkyl halides is 3. The Kier molecular flexibility index (Phi) is 45.7. The third-order valence-electron chi connectivity index (χ3n) is 19.6. The first kappa shape index (κ1) is 116. The minimum absolute atomic E-state index is 0.0590. The molecule has 0 amide bonds. The first-order chi connectivity index (χ1) is 58.7. The van der Waals surface area contributed by atoms with Crippen molar-refractivity contribution < 1.29 is 211 Å². The van der Waals surface area contributed by atoms with Gasteiger partial charge in [-0.15, -0.1) is 29.4 Å². The second-order valence-corrected chi connectivity index (χ2v) is 41.6. The van der Waals surface area contributed by atoms with Gasteiger partial charge in [0.25, 0.3) is 40.5 Å². The quantitative estimate of drug-likeness (QED) is 0.0229. The Labute approximate surface area is 737 Å². The molecule has 0 radical (unpaired) electrons. The molecule has 0 aliphatic carbocycles. The van der Waals surface area contributed by atoms with Crippen molar-refractivity contribution in [1.82, 2.24) is 0 Å². The number of carbonyl (C=O) groups is 9. The van der Waals surface area contributed by atoms with Gasteiger partial charge < -0.3 is 128 Å². The Morgan fingerprint density at radius 2 is 0.750 bits per heavy atom. The number of carbonyl (C=O) groups excluding carboxylic acids is 9.